The van der Waals surface area contributed by atoms with Crippen molar-refractivity contribution in [1.29, 1.82) is 0 Å². The van der Waals surface area contributed by atoms with Gasteiger partial charge in [0.25, 0.3) is 0 Å². The van der Waals surface area contributed by atoms with Crippen LogP contribution in [0.25, 0.3) is 0 Å². The first kappa shape index (κ1) is 12.9. The van der Waals surface area contributed by atoms with E-state index in [9.17, 15) is 13.2 Å². The van der Waals surface area contributed by atoms with Crippen LogP contribution in [0.4, 0.5) is 0 Å². The molecule has 18 heavy (non-hydrogen) atoms. The number of nitrogens with zero attached hydrogens (tertiary/aromatic N) is 1. The Morgan fingerprint density at radius 2 is 2.11 bits per heavy atom. The molecular weight excluding hydrogens is 254 g/mol. The molecule has 1 aromatic rings. The Morgan fingerprint density at radius 1 is 1.39 bits per heavy atom. The van der Waals surface area contributed by atoms with E-state index in [2.05, 4.69) is 0 Å². The van der Waals surface area contributed by atoms with Crippen LogP contribution < -0.4 is 4.74 Å². The minimum absolute atomic E-state index is 0.0808. The second-order valence-electron chi connectivity index (χ2n) is 4.27. The molecule has 2 rings (SSSR count). The lowest BCUT2D eigenvalue weighted by Gasteiger charge is -2.15. The van der Waals surface area contributed by atoms with Gasteiger partial charge in [-0.3, -0.25) is 4.79 Å². The Balaban J connectivity index is 2.24. The lowest BCUT2D eigenvalue weighted by atomic mass is 10.1. The van der Waals surface area contributed by atoms with Crippen molar-refractivity contribution < 1.29 is 17.9 Å². The third-order valence-electron chi connectivity index (χ3n) is 2.97. The van der Waals surface area contributed by atoms with Gasteiger partial charge in [-0.25, -0.2) is 12.7 Å². The van der Waals surface area contributed by atoms with Crippen molar-refractivity contribution in [1.82, 2.24) is 4.31 Å². The molecule has 0 aliphatic carbocycles. The number of hydrogen-bond donors (Lipinski definition) is 0. The maximum atomic E-state index is 11.7. The van der Waals surface area contributed by atoms with Gasteiger partial charge in [0.05, 0.1) is 19.4 Å². The van der Waals surface area contributed by atoms with Crippen LogP contribution in [0, 0.1) is 6.92 Å². The van der Waals surface area contributed by atoms with Crippen LogP contribution in [-0.4, -0.2) is 31.5 Å². The summed E-state index contributed by atoms with van der Waals surface area (Å²) in [7, 11) is -1.83. The number of carbonyl (C=O) groups excluding carboxylic acids is 1. The molecule has 1 amide bonds. The number of methoxy groups -OCH3 is 1. The van der Waals surface area contributed by atoms with E-state index in [0.717, 1.165) is 21.2 Å². The van der Waals surface area contributed by atoms with Crippen molar-refractivity contribution in [3.8, 4) is 5.75 Å². The Labute approximate surface area is 106 Å². The van der Waals surface area contributed by atoms with Crippen LogP contribution in [0.15, 0.2) is 18.2 Å². The molecule has 6 heteroatoms. The van der Waals surface area contributed by atoms with Gasteiger partial charge in [0.1, 0.15) is 5.75 Å². The molecule has 1 fully saturated rings. The third kappa shape index (κ3) is 2.33. The summed E-state index contributed by atoms with van der Waals surface area (Å²) in [5, 5.41) is 0. The summed E-state index contributed by atoms with van der Waals surface area (Å²) >= 11 is 0. The largest absolute Gasteiger partial charge is 0.496 e. The average Bonchev–Trinajstić information content (AvgIpc) is 2.56. The maximum absolute atomic E-state index is 11.7. The Hall–Kier alpha value is -1.56. The molecule has 5 nitrogen and oxygen atoms in total. The first-order valence-corrected chi connectivity index (χ1v) is 7.22. The van der Waals surface area contributed by atoms with Gasteiger partial charge in [0.15, 0.2) is 0 Å². The number of hydrogen-bond acceptors (Lipinski definition) is 4. The summed E-state index contributed by atoms with van der Waals surface area (Å²) in [6.07, 6.45) is 0.0808. The molecule has 98 valence electrons. The second-order valence-corrected chi connectivity index (χ2v) is 6.28. The van der Waals surface area contributed by atoms with Crippen molar-refractivity contribution in [2.45, 2.75) is 19.9 Å². The number of rotatable bonds is 3. The molecule has 0 saturated carbocycles. The van der Waals surface area contributed by atoms with Crippen LogP contribution in [0.2, 0.25) is 0 Å². The van der Waals surface area contributed by atoms with Crippen molar-refractivity contribution in [3.05, 3.63) is 29.3 Å². The van der Waals surface area contributed by atoms with E-state index in [1.165, 1.54) is 0 Å². The lowest BCUT2D eigenvalue weighted by molar-refractivity contribution is -0.125. The van der Waals surface area contributed by atoms with Gasteiger partial charge in [-0.15, -0.1) is 0 Å². The summed E-state index contributed by atoms with van der Waals surface area (Å²) in [6, 6.07) is 5.38. The highest BCUT2D eigenvalue weighted by Gasteiger charge is 2.34. The summed E-state index contributed by atoms with van der Waals surface area (Å²) < 4.78 is 29.4. The monoisotopic (exact) mass is 269 g/mol. The number of carbonyl (C=O) groups is 1. The fourth-order valence-corrected chi connectivity index (χ4v) is 3.40. The van der Waals surface area contributed by atoms with Gasteiger partial charge < -0.3 is 4.74 Å². The van der Waals surface area contributed by atoms with Gasteiger partial charge in [0, 0.05) is 6.42 Å². The molecule has 1 aliphatic heterocycles. The predicted octanol–water partition coefficient (Wildman–Crippen LogP) is 1.07. The highest BCUT2D eigenvalue weighted by atomic mass is 32.2. The molecule has 0 aromatic heterocycles. The van der Waals surface area contributed by atoms with Crippen LogP contribution in [0.5, 0.6) is 5.75 Å². The van der Waals surface area contributed by atoms with E-state index in [1.807, 2.05) is 13.0 Å². The highest BCUT2D eigenvalue weighted by Crippen LogP contribution is 2.22. The van der Waals surface area contributed by atoms with Crippen molar-refractivity contribution >= 4 is 15.9 Å². The summed E-state index contributed by atoms with van der Waals surface area (Å²) in [6.45, 7) is 1.98. The first-order chi connectivity index (χ1) is 8.44. The zero-order chi connectivity index (χ0) is 13.3. The van der Waals surface area contributed by atoms with Gasteiger partial charge in [-0.05, 0) is 24.1 Å². The number of amides is 1. The average molecular weight is 269 g/mol. The Kier molecular flexibility index (Phi) is 3.30. The number of benzene rings is 1. The molecule has 0 atom stereocenters. The first-order valence-electron chi connectivity index (χ1n) is 5.61. The molecule has 1 heterocycles. The lowest BCUT2D eigenvalue weighted by Crippen LogP contribution is -2.29. The van der Waals surface area contributed by atoms with Gasteiger partial charge in [-0.2, -0.15) is 0 Å². The summed E-state index contributed by atoms with van der Waals surface area (Å²) in [5.41, 5.74) is 1.70. The van der Waals surface area contributed by atoms with Crippen molar-refractivity contribution in [2.24, 2.45) is 0 Å². The van der Waals surface area contributed by atoms with E-state index in [1.54, 1.807) is 19.2 Å². The quantitative estimate of drug-likeness (QED) is 0.823. The molecule has 1 aromatic carbocycles. The second kappa shape index (κ2) is 4.61. The molecule has 0 unspecified atom stereocenters. The fraction of sp³-hybridized carbons (Fsp3) is 0.417. The van der Waals surface area contributed by atoms with Crippen LogP contribution in [0.3, 0.4) is 0 Å². The highest BCUT2D eigenvalue weighted by molar-refractivity contribution is 7.90. The van der Waals surface area contributed by atoms with Crippen molar-refractivity contribution in [2.75, 3.05) is 12.9 Å². The van der Waals surface area contributed by atoms with Crippen LogP contribution in [-0.2, 0) is 21.4 Å². The van der Waals surface area contributed by atoms with E-state index in [4.69, 9.17) is 4.74 Å². The molecule has 0 radical (unpaired) electrons. The van der Waals surface area contributed by atoms with E-state index in [-0.39, 0.29) is 24.6 Å². The zero-order valence-electron chi connectivity index (χ0n) is 10.3. The Morgan fingerprint density at radius 3 is 2.61 bits per heavy atom. The van der Waals surface area contributed by atoms with E-state index in [0.29, 0.717) is 0 Å². The summed E-state index contributed by atoms with van der Waals surface area (Å²) in [5.74, 6) is 0.332. The minimum atomic E-state index is -3.41. The molecule has 1 aliphatic rings. The van der Waals surface area contributed by atoms with Crippen LogP contribution in [0.1, 0.15) is 17.5 Å². The predicted molar refractivity (Wildman–Crippen MR) is 66.7 cm³/mol. The fourth-order valence-electron chi connectivity index (χ4n) is 2.00. The molecule has 1 saturated heterocycles. The normalized spacial score (nSPS) is 18.1. The zero-order valence-corrected chi connectivity index (χ0v) is 11.2. The topological polar surface area (TPSA) is 63.7 Å². The SMILES string of the molecule is COc1ccc(CN2C(=O)CCS2(=O)=O)cc1C. The van der Waals surface area contributed by atoms with Crippen molar-refractivity contribution in [3.63, 3.8) is 0 Å². The van der Waals surface area contributed by atoms with Crippen LogP contribution >= 0.6 is 0 Å². The smallest absolute Gasteiger partial charge is 0.238 e. The van der Waals surface area contributed by atoms with Gasteiger partial charge in [0.2, 0.25) is 15.9 Å². The van der Waals surface area contributed by atoms with E-state index < -0.39 is 10.0 Å². The maximum Gasteiger partial charge on any atom is 0.238 e. The minimum Gasteiger partial charge on any atom is -0.496 e. The standard InChI is InChI=1S/C12H15NO4S/c1-9-7-10(3-4-11(9)17-2)8-13-12(14)5-6-18(13,15)16/h3-4,7H,5-6,8H2,1-2H3. The molecule has 0 bridgehead atoms. The molecule has 0 spiro atoms. The Bertz CT molecular complexity index is 580. The number of aryl methyl sites for hydroxylation is 1. The molecular formula is C12H15NO4S. The summed E-state index contributed by atoms with van der Waals surface area (Å²) in [4.78, 5) is 11.5. The molecule has 0 N–H and O–H groups in total. The third-order valence-corrected chi connectivity index (χ3v) is 4.70. The number of sulfonamides is 1. The van der Waals surface area contributed by atoms with E-state index >= 15 is 0 Å². The van der Waals surface area contributed by atoms with Gasteiger partial charge >= 0.3 is 0 Å². The van der Waals surface area contributed by atoms with Gasteiger partial charge in [-0.1, -0.05) is 12.1 Å². The number of ether oxygens (including phenoxy) is 1.